The van der Waals surface area contributed by atoms with Crippen molar-refractivity contribution >= 4 is 33.7 Å². The van der Waals surface area contributed by atoms with Gasteiger partial charge in [-0.25, -0.2) is 0 Å². The van der Waals surface area contributed by atoms with Gasteiger partial charge in [0.2, 0.25) is 0 Å². The van der Waals surface area contributed by atoms with E-state index in [-0.39, 0.29) is 63.4 Å². The van der Waals surface area contributed by atoms with Crippen LogP contribution in [0.15, 0.2) is 48.6 Å². The van der Waals surface area contributed by atoms with E-state index in [1.165, 1.54) is 22.3 Å². The summed E-state index contributed by atoms with van der Waals surface area (Å²) in [5, 5.41) is 0. The lowest BCUT2D eigenvalue weighted by Gasteiger charge is -2.54. The third-order valence-electron chi connectivity index (χ3n) is 3.82. The Hall–Kier alpha value is -0.780. The Kier molecular flexibility index (Phi) is 115. The molecule has 188 valence electrons. The Balaban J connectivity index is -0.0000000227. The zero-order valence-corrected chi connectivity index (χ0v) is 21.4. The predicted octanol–water partition coefficient (Wildman–Crippen LogP) is 9.90. The highest BCUT2D eigenvalue weighted by Crippen LogP contribution is 2.57. The van der Waals surface area contributed by atoms with Gasteiger partial charge in [-0.2, -0.15) is 0 Å². The van der Waals surface area contributed by atoms with Crippen molar-refractivity contribution in [3.8, 4) is 0 Å². The molecule has 1 fully saturated rings. The summed E-state index contributed by atoms with van der Waals surface area (Å²) in [6.07, 6.45) is 0. The molecule has 0 amide bonds. The normalized spacial score (nSPS) is 17.1. The third-order valence-corrected chi connectivity index (χ3v) is 3.82. The summed E-state index contributed by atoms with van der Waals surface area (Å²) in [6.45, 7) is 41.0. The lowest BCUT2D eigenvalue weighted by atomic mass is 9.49. The van der Waals surface area contributed by atoms with Crippen LogP contribution in [-0.2, 0) is 0 Å². The van der Waals surface area contributed by atoms with Crippen molar-refractivity contribution in [3.05, 3.63) is 48.6 Å². The maximum atomic E-state index is 4.12. The highest BCUT2D eigenvalue weighted by atomic mass is 14.5. The summed E-state index contributed by atoms with van der Waals surface area (Å²) in [7, 11) is 0. The minimum atomic E-state index is 0. The molecule has 0 unspecified atom stereocenters. The first kappa shape index (κ1) is 77.2. The first-order chi connectivity index (χ1) is 11.3. The molecule has 0 heterocycles. The van der Waals surface area contributed by atoms with Crippen molar-refractivity contribution in [2.45, 2.75) is 113 Å². The molecular weight excluding hydrogens is 380 g/mol. The van der Waals surface area contributed by atoms with Gasteiger partial charge in [0.15, 0.2) is 0 Å². The fourth-order valence-electron chi connectivity index (χ4n) is 3.20. The van der Waals surface area contributed by atoms with E-state index in [2.05, 4.69) is 54.0 Å². The highest BCUT2D eigenvalue weighted by molar-refractivity contribution is 5.76. The first-order valence-electron chi connectivity index (χ1n) is 9.90. The van der Waals surface area contributed by atoms with Gasteiger partial charge < -0.3 is 0 Å². The van der Waals surface area contributed by atoms with Crippen LogP contribution >= 0.6 is 0 Å². The van der Waals surface area contributed by atoms with Crippen LogP contribution in [0.3, 0.4) is 0 Å². The van der Waals surface area contributed by atoms with Crippen LogP contribution in [0.2, 0.25) is 0 Å². The maximum Gasteiger partial charge on any atom is 0 e. The van der Waals surface area contributed by atoms with E-state index in [4.69, 9.17) is 0 Å². The minimum absolute atomic E-state index is 0. The molecule has 4 heteroatoms. The number of hydrogen-bond donors (Lipinski definition) is 0. The van der Waals surface area contributed by atoms with Gasteiger partial charge in [-0.3, -0.25) is 0 Å². The second kappa shape index (κ2) is 47.9. The maximum absolute atomic E-state index is 4.12. The molecule has 32 heavy (non-hydrogen) atoms. The summed E-state index contributed by atoms with van der Waals surface area (Å²) in [5.41, 5.74) is 4.99. The van der Waals surface area contributed by atoms with Gasteiger partial charge in [0.1, 0.15) is 0 Å². The van der Waals surface area contributed by atoms with E-state index < -0.39 is 0 Å². The van der Waals surface area contributed by atoms with E-state index >= 15 is 0 Å². The van der Waals surface area contributed by atoms with E-state index in [9.17, 15) is 0 Å². The topological polar surface area (TPSA) is 0 Å². The lowest BCUT2D eigenvalue weighted by molar-refractivity contribution is 0.0860. The van der Waals surface area contributed by atoms with Crippen molar-refractivity contribution < 1.29 is 0 Å². The minimum Gasteiger partial charge on any atom is -0.0998 e. The van der Waals surface area contributed by atoms with Crippen LogP contribution in [0, 0.1) is 23.7 Å². The van der Waals surface area contributed by atoms with Gasteiger partial charge >= 0.3 is 0 Å². The summed E-state index contributed by atoms with van der Waals surface area (Å²) in [4.78, 5) is 0. The molecular formula is C28H64B4. The van der Waals surface area contributed by atoms with Gasteiger partial charge in [-0.05, 0) is 51.4 Å². The lowest BCUT2D eigenvalue weighted by Crippen LogP contribution is -2.48. The van der Waals surface area contributed by atoms with E-state index in [0.717, 1.165) is 0 Å². The summed E-state index contributed by atoms with van der Waals surface area (Å²) in [6, 6.07) is 0. The molecule has 0 atom stereocenters. The van der Waals surface area contributed by atoms with Crippen molar-refractivity contribution in [3.63, 3.8) is 0 Å². The second-order valence-electron chi connectivity index (χ2n) is 5.49. The molecule has 0 bridgehead atoms. The molecule has 0 spiro atoms. The molecule has 1 aliphatic carbocycles. The molecule has 0 N–H and O–H groups in total. The summed E-state index contributed by atoms with van der Waals surface area (Å²) < 4.78 is 0. The van der Waals surface area contributed by atoms with E-state index in [1.807, 2.05) is 55.4 Å². The average molecular weight is 444 g/mol. The number of rotatable bonds is 4. The molecule has 12 radical (unpaired) electrons. The molecule has 0 aromatic heterocycles. The van der Waals surface area contributed by atoms with Crippen LogP contribution < -0.4 is 0 Å². The Bertz CT molecular complexity index is 294. The number of hydrogen-bond acceptors (Lipinski definition) is 0. The molecule has 0 aromatic carbocycles. The fraction of sp³-hybridized carbons (Fsp3) is 0.714. The van der Waals surface area contributed by atoms with Crippen molar-refractivity contribution in [2.24, 2.45) is 23.7 Å². The monoisotopic (exact) mass is 445 g/mol. The van der Waals surface area contributed by atoms with Crippen LogP contribution in [0.5, 0.6) is 0 Å². The molecule has 1 saturated carbocycles. The largest absolute Gasteiger partial charge is 0.0998 e. The zero-order chi connectivity index (χ0) is 20.6. The van der Waals surface area contributed by atoms with Gasteiger partial charge in [-0.15, -0.1) is 0 Å². The highest BCUT2D eigenvalue weighted by Gasteiger charge is 2.50. The second-order valence-corrected chi connectivity index (χ2v) is 5.49. The first-order valence-corrected chi connectivity index (χ1v) is 9.90. The van der Waals surface area contributed by atoms with E-state index in [0.29, 0.717) is 23.7 Å². The molecule has 0 saturated heterocycles. The molecule has 0 aromatic rings. The zero-order valence-electron chi connectivity index (χ0n) is 21.4. The molecule has 1 rings (SSSR count). The molecule has 0 aliphatic heterocycles. The Labute approximate surface area is 218 Å². The SMILES string of the molecule is C.C.C.C.C=C(C)C1C(C(=C)C)C(C(=C)C)C1C(=C)C.CC.CC.CC.CC.[B].[B].[B].[B]. The molecule has 0 nitrogen and oxygen atoms in total. The van der Waals surface area contributed by atoms with Gasteiger partial charge in [0.25, 0.3) is 0 Å². The van der Waals surface area contributed by atoms with Gasteiger partial charge in [-0.1, -0.05) is 134 Å². The van der Waals surface area contributed by atoms with Crippen molar-refractivity contribution in [1.82, 2.24) is 0 Å². The number of allylic oxidation sites excluding steroid dienone is 4. The van der Waals surface area contributed by atoms with Gasteiger partial charge in [0, 0.05) is 33.7 Å². The smallest absolute Gasteiger partial charge is 0 e. The van der Waals surface area contributed by atoms with Crippen molar-refractivity contribution in [1.29, 1.82) is 0 Å². The van der Waals surface area contributed by atoms with Crippen molar-refractivity contribution in [2.75, 3.05) is 0 Å². The standard InChI is InChI=1S/C16H24.4C2H6.4CH4.4B/c1-9(2)13-14(10(3)4)16(12(7)8)15(13)11(5)6;4*1-2;;;;;;;;/h13-16H,1,3,5,7H2,2,4,6,8H3;4*1-2H3;4*1H4;;;;. The Morgan fingerprint density at radius 1 is 0.344 bits per heavy atom. The quantitative estimate of drug-likeness (QED) is 0.299. The average Bonchev–Trinajstić information content (AvgIpc) is 2.52. The van der Waals surface area contributed by atoms with Crippen LogP contribution in [0.1, 0.15) is 113 Å². The predicted molar refractivity (Wildman–Crippen MR) is 169 cm³/mol. The van der Waals surface area contributed by atoms with Gasteiger partial charge in [0.05, 0.1) is 0 Å². The van der Waals surface area contributed by atoms with Crippen LogP contribution in [0.4, 0.5) is 0 Å². The van der Waals surface area contributed by atoms with Crippen LogP contribution in [-0.4, -0.2) is 33.7 Å². The third kappa shape index (κ3) is 23.9. The molecule has 1 aliphatic rings. The Morgan fingerprint density at radius 2 is 0.406 bits per heavy atom. The fourth-order valence-corrected chi connectivity index (χ4v) is 3.20. The summed E-state index contributed by atoms with van der Waals surface area (Å²) in [5.74, 6) is 2.04. The van der Waals surface area contributed by atoms with E-state index in [1.54, 1.807) is 0 Å². The van der Waals surface area contributed by atoms with Crippen LogP contribution in [0.25, 0.3) is 0 Å². The summed E-state index contributed by atoms with van der Waals surface area (Å²) >= 11 is 0. The Morgan fingerprint density at radius 3 is 0.438 bits per heavy atom.